The number of hydrogen-bond donors (Lipinski definition) is 2. The Morgan fingerprint density at radius 2 is 1.63 bits per heavy atom. The van der Waals surface area contributed by atoms with E-state index >= 15 is 0 Å². The first-order valence-corrected chi connectivity index (χ1v) is 8.15. The molecule has 0 saturated heterocycles. The van der Waals surface area contributed by atoms with Crippen LogP contribution in [0.3, 0.4) is 0 Å². The van der Waals surface area contributed by atoms with Crippen LogP contribution in [0, 0.1) is 0 Å². The van der Waals surface area contributed by atoms with Gasteiger partial charge in [0.2, 0.25) is 11.8 Å². The van der Waals surface area contributed by atoms with Crippen molar-refractivity contribution in [2.45, 2.75) is 19.0 Å². The predicted molar refractivity (Wildman–Crippen MR) is 95.0 cm³/mol. The average molecular weight is 377 g/mol. The van der Waals surface area contributed by atoms with Crippen LogP contribution in [0.5, 0.6) is 0 Å². The molecule has 2 aromatic carbocycles. The second-order valence-electron chi connectivity index (χ2n) is 5.64. The molecule has 0 spiro atoms. The van der Waals surface area contributed by atoms with Crippen molar-refractivity contribution in [2.75, 3.05) is 6.54 Å². The quantitative estimate of drug-likeness (QED) is 0.443. The van der Waals surface area contributed by atoms with Crippen LogP contribution in [0.15, 0.2) is 59.7 Å². The van der Waals surface area contributed by atoms with E-state index in [0.29, 0.717) is 13.0 Å². The summed E-state index contributed by atoms with van der Waals surface area (Å²) in [5.74, 6) is -1.21. The summed E-state index contributed by atoms with van der Waals surface area (Å²) in [7, 11) is 0. The van der Waals surface area contributed by atoms with Crippen molar-refractivity contribution in [3.05, 3.63) is 71.3 Å². The molecule has 0 atom stereocenters. The number of carbonyl (C=O) groups excluding carboxylic acids is 2. The van der Waals surface area contributed by atoms with E-state index in [1.807, 2.05) is 30.3 Å². The fraction of sp³-hybridized carbons (Fsp3) is 0.211. The molecular formula is C19H18F3N3O2. The standard InChI is InChI=1S/C19H18F3N3O2/c20-19(21,22)16-9-5-4-8-15(16)13-24-25-18(27)12-17(26)23-11-10-14-6-2-1-3-7-14/h1-9,13H,10-12H2,(H,23,26)(H,25,27)/b24-13-. The maximum Gasteiger partial charge on any atom is 0.417 e. The third-order valence-corrected chi connectivity index (χ3v) is 3.56. The monoisotopic (exact) mass is 377 g/mol. The summed E-state index contributed by atoms with van der Waals surface area (Å²) in [6.45, 7) is 0.373. The summed E-state index contributed by atoms with van der Waals surface area (Å²) >= 11 is 0. The number of hydrogen-bond acceptors (Lipinski definition) is 3. The second-order valence-corrected chi connectivity index (χ2v) is 5.64. The number of hydrazone groups is 1. The lowest BCUT2D eigenvalue weighted by Crippen LogP contribution is -2.31. The highest BCUT2D eigenvalue weighted by Gasteiger charge is 2.32. The largest absolute Gasteiger partial charge is 0.417 e. The van der Waals surface area contributed by atoms with E-state index in [1.165, 1.54) is 18.2 Å². The molecule has 0 fully saturated rings. The van der Waals surface area contributed by atoms with Crippen molar-refractivity contribution in [3.8, 4) is 0 Å². The maximum absolute atomic E-state index is 12.8. The third kappa shape index (κ3) is 6.93. The number of nitrogens with one attached hydrogen (secondary N) is 2. The highest BCUT2D eigenvalue weighted by Crippen LogP contribution is 2.30. The molecule has 0 aliphatic heterocycles. The molecular weight excluding hydrogens is 359 g/mol. The molecule has 2 amide bonds. The van der Waals surface area contributed by atoms with E-state index in [4.69, 9.17) is 0 Å². The Hall–Kier alpha value is -3.16. The summed E-state index contributed by atoms with van der Waals surface area (Å²) in [5.41, 5.74) is 2.06. The minimum atomic E-state index is -4.52. The van der Waals surface area contributed by atoms with Crippen molar-refractivity contribution in [1.29, 1.82) is 0 Å². The lowest BCUT2D eigenvalue weighted by atomic mass is 10.1. The number of amides is 2. The van der Waals surface area contributed by atoms with Gasteiger partial charge >= 0.3 is 6.18 Å². The number of rotatable bonds is 7. The maximum atomic E-state index is 12.8. The first-order valence-electron chi connectivity index (χ1n) is 8.15. The molecule has 27 heavy (non-hydrogen) atoms. The van der Waals surface area contributed by atoms with E-state index in [9.17, 15) is 22.8 Å². The Morgan fingerprint density at radius 1 is 0.963 bits per heavy atom. The van der Waals surface area contributed by atoms with Gasteiger partial charge in [0.25, 0.3) is 0 Å². The van der Waals surface area contributed by atoms with Crippen LogP contribution in [-0.4, -0.2) is 24.6 Å². The predicted octanol–water partition coefficient (Wildman–Crippen LogP) is 2.90. The molecule has 0 aromatic heterocycles. The van der Waals surface area contributed by atoms with Crippen LogP contribution in [0.25, 0.3) is 0 Å². The Labute approximate surface area is 154 Å². The molecule has 0 aliphatic rings. The molecule has 0 heterocycles. The van der Waals surface area contributed by atoms with Crippen LogP contribution in [0.1, 0.15) is 23.1 Å². The summed E-state index contributed by atoms with van der Waals surface area (Å²) in [6.07, 6.45) is -3.47. The van der Waals surface area contributed by atoms with Gasteiger partial charge in [-0.25, -0.2) is 5.43 Å². The molecule has 0 bridgehead atoms. The van der Waals surface area contributed by atoms with Gasteiger partial charge in [0, 0.05) is 12.1 Å². The van der Waals surface area contributed by atoms with Crippen molar-refractivity contribution in [1.82, 2.24) is 10.7 Å². The zero-order valence-corrected chi connectivity index (χ0v) is 14.3. The highest BCUT2D eigenvalue weighted by atomic mass is 19.4. The zero-order chi connectivity index (χ0) is 19.7. The molecule has 2 rings (SSSR count). The van der Waals surface area contributed by atoms with E-state index < -0.39 is 30.0 Å². The fourth-order valence-electron chi connectivity index (χ4n) is 2.28. The summed E-state index contributed by atoms with van der Waals surface area (Å²) in [6, 6.07) is 14.4. The molecule has 0 radical (unpaired) electrons. The smallest absolute Gasteiger partial charge is 0.355 e. The van der Waals surface area contributed by atoms with E-state index in [2.05, 4.69) is 15.8 Å². The van der Waals surface area contributed by atoms with Gasteiger partial charge in [0.1, 0.15) is 6.42 Å². The molecule has 142 valence electrons. The first-order chi connectivity index (χ1) is 12.9. The van der Waals surface area contributed by atoms with Gasteiger partial charge < -0.3 is 5.32 Å². The summed E-state index contributed by atoms with van der Waals surface area (Å²) in [4.78, 5) is 23.3. The number of benzene rings is 2. The molecule has 2 aromatic rings. The van der Waals surface area contributed by atoms with Crippen molar-refractivity contribution >= 4 is 18.0 Å². The Morgan fingerprint density at radius 3 is 2.33 bits per heavy atom. The van der Waals surface area contributed by atoms with Crippen LogP contribution >= 0.6 is 0 Å². The third-order valence-electron chi connectivity index (χ3n) is 3.56. The number of alkyl halides is 3. The van der Waals surface area contributed by atoms with Crippen molar-refractivity contribution in [2.24, 2.45) is 5.10 Å². The Kier molecular flexibility index (Phi) is 7.10. The molecule has 2 N–H and O–H groups in total. The normalized spacial score (nSPS) is 11.4. The lowest BCUT2D eigenvalue weighted by Gasteiger charge is -2.09. The number of carbonyl (C=O) groups is 2. The Balaban J connectivity index is 1.77. The van der Waals surface area contributed by atoms with Gasteiger partial charge in [0.05, 0.1) is 11.8 Å². The first kappa shape index (κ1) is 20.2. The van der Waals surface area contributed by atoms with Gasteiger partial charge in [-0.3, -0.25) is 9.59 Å². The Bertz CT molecular complexity index is 805. The SMILES string of the molecule is O=C(CC(=O)N/N=C\c1ccccc1C(F)(F)F)NCCc1ccccc1. The minimum absolute atomic E-state index is 0.183. The topological polar surface area (TPSA) is 70.6 Å². The number of nitrogens with zero attached hydrogens (tertiary/aromatic N) is 1. The van der Waals surface area contributed by atoms with Crippen LogP contribution < -0.4 is 10.7 Å². The second kappa shape index (κ2) is 9.51. The molecule has 8 heteroatoms. The molecule has 0 aliphatic carbocycles. The van der Waals surface area contributed by atoms with E-state index in [0.717, 1.165) is 17.8 Å². The zero-order valence-electron chi connectivity index (χ0n) is 14.3. The average Bonchev–Trinajstić information content (AvgIpc) is 2.62. The van der Waals surface area contributed by atoms with Crippen LogP contribution in [0.2, 0.25) is 0 Å². The summed E-state index contributed by atoms with van der Waals surface area (Å²) in [5, 5.41) is 6.09. The van der Waals surface area contributed by atoms with Crippen molar-refractivity contribution < 1.29 is 22.8 Å². The van der Waals surface area contributed by atoms with Gasteiger partial charge in [-0.2, -0.15) is 18.3 Å². The van der Waals surface area contributed by atoms with Crippen LogP contribution in [0.4, 0.5) is 13.2 Å². The van der Waals surface area contributed by atoms with Crippen molar-refractivity contribution in [3.63, 3.8) is 0 Å². The molecule has 5 nitrogen and oxygen atoms in total. The van der Waals surface area contributed by atoms with E-state index in [-0.39, 0.29) is 5.56 Å². The molecule has 0 saturated carbocycles. The van der Waals surface area contributed by atoms with Crippen LogP contribution in [-0.2, 0) is 22.2 Å². The molecule has 0 unspecified atom stereocenters. The van der Waals surface area contributed by atoms with Gasteiger partial charge in [-0.1, -0.05) is 48.5 Å². The van der Waals surface area contributed by atoms with Gasteiger partial charge in [-0.15, -0.1) is 0 Å². The van der Waals surface area contributed by atoms with Gasteiger partial charge in [-0.05, 0) is 18.1 Å². The fourth-order valence-corrected chi connectivity index (χ4v) is 2.28. The van der Waals surface area contributed by atoms with Gasteiger partial charge in [0.15, 0.2) is 0 Å². The van der Waals surface area contributed by atoms with E-state index in [1.54, 1.807) is 0 Å². The summed E-state index contributed by atoms with van der Waals surface area (Å²) < 4.78 is 38.5. The highest BCUT2D eigenvalue weighted by molar-refractivity contribution is 5.97. The number of halogens is 3. The minimum Gasteiger partial charge on any atom is -0.355 e. The lowest BCUT2D eigenvalue weighted by molar-refractivity contribution is -0.137.